The number of hydrogen-bond acceptors (Lipinski definition) is 4. The van der Waals surface area contributed by atoms with Gasteiger partial charge in [-0.2, -0.15) is 0 Å². The Hall–Kier alpha value is -1.89. The molecule has 1 rings (SSSR count). The molecule has 0 heterocycles. The number of benzene rings is 1. The number of methoxy groups -OCH3 is 1. The topological polar surface area (TPSA) is 92.7 Å². The molecule has 1 atom stereocenters. The normalized spacial score (nSPS) is 11.6. The minimum absolute atomic E-state index is 0.0245. The molecule has 6 nitrogen and oxygen atoms in total. The van der Waals surface area contributed by atoms with Gasteiger partial charge in [-0.1, -0.05) is 15.9 Å². The van der Waals surface area contributed by atoms with E-state index in [2.05, 4.69) is 26.0 Å². The SMILES string of the molecule is COC(=O)CCC(NC(=O)c1ccc(Br)cc1C)C(=O)O. The van der Waals surface area contributed by atoms with Gasteiger partial charge in [-0.3, -0.25) is 9.59 Å². The van der Waals surface area contributed by atoms with Crippen LogP contribution < -0.4 is 5.32 Å². The fraction of sp³-hybridized carbons (Fsp3) is 0.357. The molecular weight excluding hydrogens is 342 g/mol. The summed E-state index contributed by atoms with van der Waals surface area (Å²) in [5, 5.41) is 11.5. The molecule has 114 valence electrons. The predicted octanol–water partition coefficient (Wildman–Crippen LogP) is 1.89. The van der Waals surface area contributed by atoms with Crippen molar-refractivity contribution < 1.29 is 24.2 Å². The number of rotatable bonds is 6. The molecule has 0 aromatic heterocycles. The smallest absolute Gasteiger partial charge is 0.326 e. The van der Waals surface area contributed by atoms with Gasteiger partial charge in [0.25, 0.3) is 5.91 Å². The van der Waals surface area contributed by atoms with Gasteiger partial charge >= 0.3 is 11.9 Å². The number of ether oxygens (including phenoxy) is 1. The first kappa shape index (κ1) is 17.2. The van der Waals surface area contributed by atoms with Crippen LogP contribution in [0.1, 0.15) is 28.8 Å². The van der Waals surface area contributed by atoms with Crippen molar-refractivity contribution >= 4 is 33.8 Å². The van der Waals surface area contributed by atoms with Crippen molar-refractivity contribution in [3.8, 4) is 0 Å². The molecule has 7 heteroatoms. The predicted molar refractivity (Wildman–Crippen MR) is 79.0 cm³/mol. The summed E-state index contributed by atoms with van der Waals surface area (Å²) in [6.45, 7) is 1.75. The lowest BCUT2D eigenvalue weighted by Gasteiger charge is -2.15. The average molecular weight is 358 g/mol. The summed E-state index contributed by atoms with van der Waals surface area (Å²) in [6.07, 6.45) is -0.101. The number of aryl methyl sites for hydroxylation is 1. The fourth-order valence-electron chi connectivity index (χ4n) is 1.74. The first-order valence-corrected chi connectivity index (χ1v) is 7.01. The van der Waals surface area contributed by atoms with Gasteiger partial charge in [0.15, 0.2) is 0 Å². The zero-order valence-corrected chi connectivity index (χ0v) is 13.3. The quantitative estimate of drug-likeness (QED) is 0.758. The van der Waals surface area contributed by atoms with Crippen LogP contribution >= 0.6 is 15.9 Å². The van der Waals surface area contributed by atoms with E-state index in [4.69, 9.17) is 5.11 Å². The number of hydrogen-bond donors (Lipinski definition) is 2. The number of carboxylic acids is 1. The summed E-state index contributed by atoms with van der Waals surface area (Å²) < 4.78 is 5.28. The minimum Gasteiger partial charge on any atom is -0.480 e. The molecule has 21 heavy (non-hydrogen) atoms. The van der Waals surface area contributed by atoms with E-state index >= 15 is 0 Å². The zero-order chi connectivity index (χ0) is 16.0. The van der Waals surface area contributed by atoms with Crippen LogP contribution in [0, 0.1) is 6.92 Å². The Balaban J connectivity index is 2.76. The fourth-order valence-corrected chi connectivity index (χ4v) is 2.22. The van der Waals surface area contributed by atoms with Gasteiger partial charge in [0, 0.05) is 16.5 Å². The molecule has 1 aromatic rings. The number of carbonyl (C=O) groups excluding carboxylic acids is 2. The van der Waals surface area contributed by atoms with E-state index in [9.17, 15) is 14.4 Å². The molecule has 0 fully saturated rings. The highest BCUT2D eigenvalue weighted by molar-refractivity contribution is 9.10. The van der Waals surface area contributed by atoms with Gasteiger partial charge in [-0.25, -0.2) is 4.79 Å². The standard InChI is InChI=1S/C14H16BrNO5/c1-8-7-9(15)3-4-10(8)13(18)16-11(14(19)20)5-6-12(17)21-2/h3-4,7,11H,5-6H2,1-2H3,(H,16,18)(H,19,20). The molecular formula is C14H16BrNO5. The molecule has 1 aromatic carbocycles. The van der Waals surface area contributed by atoms with Crippen molar-refractivity contribution in [2.24, 2.45) is 0 Å². The van der Waals surface area contributed by atoms with Crippen LogP contribution in [-0.4, -0.2) is 36.1 Å². The Bertz CT molecular complexity index is 558. The first-order chi connectivity index (χ1) is 9.85. The Kier molecular flexibility index (Phi) is 6.36. The van der Waals surface area contributed by atoms with Crippen molar-refractivity contribution in [2.75, 3.05) is 7.11 Å². The molecule has 0 radical (unpaired) electrons. The molecule has 0 saturated heterocycles. The molecule has 0 spiro atoms. The van der Waals surface area contributed by atoms with Gasteiger partial charge in [0.1, 0.15) is 6.04 Å². The second-order valence-electron chi connectivity index (χ2n) is 4.44. The lowest BCUT2D eigenvalue weighted by Crippen LogP contribution is -2.41. The highest BCUT2D eigenvalue weighted by atomic mass is 79.9. The van der Waals surface area contributed by atoms with E-state index in [1.54, 1.807) is 25.1 Å². The van der Waals surface area contributed by atoms with Crippen LogP contribution in [0.15, 0.2) is 22.7 Å². The largest absolute Gasteiger partial charge is 0.480 e. The number of esters is 1. The summed E-state index contributed by atoms with van der Waals surface area (Å²) in [5.41, 5.74) is 1.11. The van der Waals surface area contributed by atoms with Crippen LogP contribution in [0.5, 0.6) is 0 Å². The summed E-state index contributed by atoms with van der Waals surface area (Å²) in [5.74, 6) is -2.20. The van der Waals surface area contributed by atoms with E-state index in [-0.39, 0.29) is 12.8 Å². The average Bonchev–Trinajstić information content (AvgIpc) is 2.42. The van der Waals surface area contributed by atoms with Crippen LogP contribution in [0.4, 0.5) is 0 Å². The number of halogens is 1. The number of nitrogens with one attached hydrogen (secondary N) is 1. The molecule has 1 amide bonds. The lowest BCUT2D eigenvalue weighted by atomic mass is 10.1. The third kappa shape index (κ3) is 5.18. The van der Waals surface area contributed by atoms with Gasteiger partial charge < -0.3 is 15.2 Å². The second-order valence-corrected chi connectivity index (χ2v) is 5.35. The van der Waals surface area contributed by atoms with Crippen LogP contribution in [-0.2, 0) is 14.3 Å². The van der Waals surface area contributed by atoms with Crippen LogP contribution in [0.2, 0.25) is 0 Å². The number of aliphatic carboxylic acids is 1. The van der Waals surface area contributed by atoms with E-state index in [1.807, 2.05) is 0 Å². The Morgan fingerprint density at radius 1 is 1.38 bits per heavy atom. The van der Waals surface area contributed by atoms with Crippen molar-refractivity contribution in [3.63, 3.8) is 0 Å². The third-order valence-corrected chi connectivity index (χ3v) is 3.39. The number of amides is 1. The van der Waals surface area contributed by atoms with Gasteiger partial charge in [0.2, 0.25) is 0 Å². The van der Waals surface area contributed by atoms with Gasteiger partial charge in [-0.15, -0.1) is 0 Å². The van der Waals surface area contributed by atoms with Crippen LogP contribution in [0.25, 0.3) is 0 Å². The first-order valence-electron chi connectivity index (χ1n) is 6.21. The Morgan fingerprint density at radius 2 is 2.05 bits per heavy atom. The van der Waals surface area contributed by atoms with E-state index in [0.717, 1.165) is 10.0 Å². The Labute approximate surface area is 130 Å². The number of carbonyl (C=O) groups is 3. The highest BCUT2D eigenvalue weighted by Crippen LogP contribution is 2.16. The maximum Gasteiger partial charge on any atom is 0.326 e. The minimum atomic E-state index is -1.19. The Morgan fingerprint density at radius 3 is 2.57 bits per heavy atom. The maximum atomic E-state index is 12.1. The summed E-state index contributed by atoms with van der Waals surface area (Å²) in [6, 6.07) is 3.93. The number of carboxylic acid groups (broad SMARTS) is 1. The molecule has 0 aliphatic heterocycles. The molecule has 1 unspecified atom stereocenters. The lowest BCUT2D eigenvalue weighted by molar-refractivity contribution is -0.142. The molecule has 0 aliphatic carbocycles. The third-order valence-electron chi connectivity index (χ3n) is 2.90. The molecule has 0 bridgehead atoms. The molecule has 2 N–H and O–H groups in total. The highest BCUT2D eigenvalue weighted by Gasteiger charge is 2.22. The zero-order valence-electron chi connectivity index (χ0n) is 11.7. The monoisotopic (exact) mass is 357 g/mol. The maximum absolute atomic E-state index is 12.1. The summed E-state index contributed by atoms with van der Waals surface area (Å²) in [7, 11) is 1.22. The summed E-state index contributed by atoms with van der Waals surface area (Å²) >= 11 is 3.29. The van der Waals surface area contributed by atoms with Gasteiger partial charge in [-0.05, 0) is 37.1 Å². The molecule has 0 saturated carbocycles. The van der Waals surface area contributed by atoms with E-state index < -0.39 is 23.9 Å². The van der Waals surface area contributed by atoms with Crippen molar-refractivity contribution in [3.05, 3.63) is 33.8 Å². The van der Waals surface area contributed by atoms with E-state index in [1.165, 1.54) is 7.11 Å². The van der Waals surface area contributed by atoms with E-state index in [0.29, 0.717) is 5.56 Å². The van der Waals surface area contributed by atoms with Crippen molar-refractivity contribution in [2.45, 2.75) is 25.8 Å². The summed E-state index contributed by atoms with van der Waals surface area (Å²) in [4.78, 5) is 34.3. The van der Waals surface area contributed by atoms with Crippen molar-refractivity contribution in [1.29, 1.82) is 0 Å². The van der Waals surface area contributed by atoms with Gasteiger partial charge in [0.05, 0.1) is 7.11 Å². The second kappa shape index (κ2) is 7.78. The van der Waals surface area contributed by atoms with Crippen LogP contribution in [0.3, 0.4) is 0 Å². The van der Waals surface area contributed by atoms with Crippen molar-refractivity contribution in [1.82, 2.24) is 5.32 Å². The molecule has 0 aliphatic rings.